The molecule has 0 saturated heterocycles. The zero-order valence-electron chi connectivity index (χ0n) is 11.6. The van der Waals surface area contributed by atoms with Crippen molar-refractivity contribution in [3.05, 3.63) is 47.7 Å². The van der Waals surface area contributed by atoms with Crippen molar-refractivity contribution in [1.82, 2.24) is 20.2 Å². The average molecular weight is 328 g/mol. The maximum Gasteiger partial charge on any atom is 0.247 e. The molecule has 0 aliphatic carbocycles. The van der Waals surface area contributed by atoms with E-state index in [2.05, 4.69) is 20.2 Å². The van der Waals surface area contributed by atoms with Gasteiger partial charge in [-0.2, -0.15) is 5.26 Å². The molecule has 0 fully saturated rings. The van der Waals surface area contributed by atoms with Gasteiger partial charge in [-0.05, 0) is 18.2 Å². The lowest BCUT2D eigenvalue weighted by molar-refractivity contribution is 0.527. The van der Waals surface area contributed by atoms with Crippen LogP contribution < -0.4 is 5.73 Å². The van der Waals surface area contributed by atoms with E-state index in [0.29, 0.717) is 22.4 Å². The summed E-state index contributed by atoms with van der Waals surface area (Å²) >= 11 is 1.24. The number of nitrogen functional groups attached to an aromatic ring is 1. The Morgan fingerprint density at radius 3 is 2.96 bits per heavy atom. The second-order valence-corrected chi connectivity index (χ2v) is 5.31. The predicted octanol–water partition coefficient (Wildman–Crippen LogP) is 2.41. The Labute approximate surface area is 134 Å². The first-order valence-corrected chi connectivity index (χ1v) is 7.38. The predicted molar refractivity (Wildman–Crippen MR) is 80.4 cm³/mol. The third-order valence-electron chi connectivity index (χ3n) is 2.78. The maximum absolute atomic E-state index is 13.2. The number of rotatable bonds is 4. The van der Waals surface area contributed by atoms with Crippen LogP contribution in [0.4, 0.5) is 10.2 Å². The summed E-state index contributed by atoms with van der Waals surface area (Å²) in [5.41, 5.74) is 6.35. The molecule has 2 heterocycles. The highest BCUT2D eigenvalue weighted by molar-refractivity contribution is 7.98. The molecule has 114 valence electrons. The molecular formula is C14H9FN6OS. The van der Waals surface area contributed by atoms with Crippen molar-refractivity contribution in [2.75, 3.05) is 5.73 Å². The van der Waals surface area contributed by atoms with Crippen molar-refractivity contribution in [1.29, 1.82) is 5.26 Å². The number of halogens is 1. The Bertz CT molecular complexity index is 891. The minimum Gasteiger partial charge on any atom is -0.420 e. The van der Waals surface area contributed by atoms with E-state index in [4.69, 9.17) is 15.4 Å². The van der Waals surface area contributed by atoms with Crippen LogP contribution in [-0.2, 0) is 5.75 Å². The number of thioether (sulfide) groups is 1. The number of hydrogen-bond acceptors (Lipinski definition) is 8. The number of nitrogens with zero attached hydrogens (tertiary/aromatic N) is 5. The van der Waals surface area contributed by atoms with Gasteiger partial charge in [0.05, 0.1) is 11.9 Å². The van der Waals surface area contributed by atoms with E-state index >= 15 is 0 Å². The zero-order chi connectivity index (χ0) is 16.2. The van der Waals surface area contributed by atoms with Crippen LogP contribution >= 0.6 is 11.8 Å². The van der Waals surface area contributed by atoms with E-state index in [0.717, 1.165) is 0 Å². The molecule has 0 spiro atoms. The molecule has 0 aliphatic rings. The van der Waals surface area contributed by atoms with Crippen LogP contribution in [0.15, 0.2) is 40.0 Å². The van der Waals surface area contributed by atoms with Crippen molar-refractivity contribution < 1.29 is 8.81 Å². The number of benzene rings is 1. The van der Waals surface area contributed by atoms with Crippen LogP contribution in [0.25, 0.3) is 11.5 Å². The molecule has 23 heavy (non-hydrogen) atoms. The smallest absolute Gasteiger partial charge is 0.247 e. The highest BCUT2D eigenvalue weighted by Crippen LogP contribution is 2.23. The number of anilines is 1. The fraction of sp³-hybridized carbons (Fsp3) is 0.0714. The third kappa shape index (κ3) is 3.44. The van der Waals surface area contributed by atoms with Gasteiger partial charge in [0, 0.05) is 5.56 Å². The van der Waals surface area contributed by atoms with Gasteiger partial charge in [0.25, 0.3) is 0 Å². The summed E-state index contributed by atoms with van der Waals surface area (Å²) in [5.74, 6) is 0.656. The van der Waals surface area contributed by atoms with Crippen LogP contribution in [0, 0.1) is 17.1 Å². The van der Waals surface area contributed by atoms with E-state index in [1.807, 2.05) is 6.07 Å². The van der Waals surface area contributed by atoms with E-state index in [1.165, 1.54) is 30.1 Å². The fourth-order valence-electron chi connectivity index (χ4n) is 1.71. The summed E-state index contributed by atoms with van der Waals surface area (Å²) in [5, 5.41) is 16.9. The van der Waals surface area contributed by atoms with Crippen molar-refractivity contribution in [3.63, 3.8) is 0 Å². The Morgan fingerprint density at radius 2 is 2.22 bits per heavy atom. The molecule has 2 N–H and O–H groups in total. The maximum atomic E-state index is 13.2. The van der Waals surface area contributed by atoms with Crippen LogP contribution in [-0.4, -0.2) is 20.2 Å². The quantitative estimate of drug-likeness (QED) is 0.573. The van der Waals surface area contributed by atoms with Gasteiger partial charge < -0.3 is 10.2 Å². The van der Waals surface area contributed by atoms with Crippen LogP contribution in [0.1, 0.15) is 11.5 Å². The summed E-state index contributed by atoms with van der Waals surface area (Å²) < 4.78 is 18.7. The Balaban J connectivity index is 1.70. The molecule has 3 aromatic rings. The number of nitriles is 1. The molecule has 0 radical (unpaired) electrons. The monoisotopic (exact) mass is 328 g/mol. The van der Waals surface area contributed by atoms with E-state index in [-0.39, 0.29) is 23.1 Å². The van der Waals surface area contributed by atoms with Gasteiger partial charge in [0.15, 0.2) is 5.16 Å². The normalized spacial score (nSPS) is 10.4. The van der Waals surface area contributed by atoms with Gasteiger partial charge in [-0.1, -0.05) is 17.8 Å². The minimum atomic E-state index is -0.377. The highest BCUT2D eigenvalue weighted by Gasteiger charge is 2.11. The first-order valence-electron chi connectivity index (χ1n) is 6.39. The van der Waals surface area contributed by atoms with Crippen molar-refractivity contribution in [2.24, 2.45) is 0 Å². The second kappa shape index (κ2) is 6.41. The third-order valence-corrected chi connectivity index (χ3v) is 3.63. The van der Waals surface area contributed by atoms with Crippen LogP contribution in [0.3, 0.4) is 0 Å². The van der Waals surface area contributed by atoms with E-state index < -0.39 is 0 Å². The van der Waals surface area contributed by atoms with Crippen LogP contribution in [0.5, 0.6) is 0 Å². The summed E-state index contributed by atoms with van der Waals surface area (Å²) in [7, 11) is 0. The first kappa shape index (κ1) is 14.9. The number of hydrogen-bond donors (Lipinski definition) is 1. The van der Waals surface area contributed by atoms with Crippen LogP contribution in [0.2, 0.25) is 0 Å². The topological polar surface area (TPSA) is 115 Å². The van der Waals surface area contributed by atoms with Gasteiger partial charge in [-0.3, -0.25) is 0 Å². The summed E-state index contributed by atoms with van der Waals surface area (Å²) in [6.07, 6.45) is 1.36. The molecule has 0 aliphatic heterocycles. The molecule has 0 unspecified atom stereocenters. The molecule has 0 atom stereocenters. The Morgan fingerprint density at radius 1 is 1.35 bits per heavy atom. The van der Waals surface area contributed by atoms with Crippen molar-refractivity contribution in [3.8, 4) is 17.5 Å². The molecule has 0 amide bonds. The van der Waals surface area contributed by atoms with E-state index in [1.54, 1.807) is 12.1 Å². The molecule has 1 aromatic carbocycles. The van der Waals surface area contributed by atoms with E-state index in [9.17, 15) is 4.39 Å². The number of nitrogens with two attached hydrogens (primary N) is 1. The molecular weight excluding hydrogens is 319 g/mol. The Hall–Kier alpha value is -2.99. The second-order valence-electron chi connectivity index (χ2n) is 4.36. The highest BCUT2D eigenvalue weighted by atomic mass is 32.2. The zero-order valence-corrected chi connectivity index (χ0v) is 12.4. The fourth-order valence-corrected chi connectivity index (χ4v) is 2.37. The van der Waals surface area contributed by atoms with Gasteiger partial charge >= 0.3 is 0 Å². The number of aromatic nitrogens is 4. The summed E-state index contributed by atoms with van der Waals surface area (Å²) in [6, 6.07) is 7.79. The van der Waals surface area contributed by atoms with Crippen molar-refractivity contribution >= 4 is 17.6 Å². The molecule has 2 aromatic heterocycles. The SMILES string of the molecule is N#Cc1cnc(SCc2nnc(-c3cccc(F)c3)o2)nc1N. The standard InChI is InChI=1S/C14H9FN6OS/c15-10-3-1-2-8(4-10)13-21-20-11(22-13)7-23-14-18-6-9(5-16)12(17)19-14/h1-4,6H,7H2,(H2,17,18,19). The molecule has 7 nitrogen and oxygen atoms in total. The molecule has 3 rings (SSSR count). The lowest BCUT2D eigenvalue weighted by Gasteiger charge is -1.99. The summed E-state index contributed by atoms with van der Waals surface area (Å²) in [6.45, 7) is 0. The largest absolute Gasteiger partial charge is 0.420 e. The van der Waals surface area contributed by atoms with Gasteiger partial charge in [0.1, 0.15) is 23.3 Å². The Kier molecular flexibility index (Phi) is 4.16. The van der Waals surface area contributed by atoms with Gasteiger partial charge in [0.2, 0.25) is 11.8 Å². The van der Waals surface area contributed by atoms with Gasteiger partial charge in [-0.25, -0.2) is 14.4 Å². The van der Waals surface area contributed by atoms with Crippen molar-refractivity contribution in [2.45, 2.75) is 10.9 Å². The summed E-state index contributed by atoms with van der Waals surface area (Å²) in [4.78, 5) is 8.02. The lowest BCUT2D eigenvalue weighted by atomic mass is 10.2. The first-order chi connectivity index (χ1) is 11.2. The lowest BCUT2D eigenvalue weighted by Crippen LogP contribution is -1.98. The molecule has 0 saturated carbocycles. The molecule has 9 heteroatoms. The average Bonchev–Trinajstić information content (AvgIpc) is 3.02. The molecule has 0 bridgehead atoms. The van der Waals surface area contributed by atoms with Gasteiger partial charge in [-0.15, -0.1) is 10.2 Å². The minimum absolute atomic E-state index is 0.121.